The molecule has 106 valence electrons. The number of hydrogen-bond acceptors (Lipinski definition) is 4. The van der Waals surface area contributed by atoms with Gasteiger partial charge < -0.3 is 20.5 Å². The minimum atomic E-state index is -0.553. The zero-order chi connectivity index (χ0) is 13.4. The Kier molecular flexibility index (Phi) is 7.23. The van der Waals surface area contributed by atoms with E-state index in [4.69, 9.17) is 4.74 Å². The summed E-state index contributed by atoms with van der Waals surface area (Å²) < 4.78 is 5.61. The summed E-state index contributed by atoms with van der Waals surface area (Å²) in [4.78, 5) is 11.4. The quantitative estimate of drug-likeness (QED) is 0.590. The Hall–Kier alpha value is -0.650. The molecule has 0 radical (unpaired) electrons. The summed E-state index contributed by atoms with van der Waals surface area (Å²) in [7, 11) is 0. The van der Waals surface area contributed by atoms with Crippen molar-refractivity contribution in [1.29, 1.82) is 0 Å². The van der Waals surface area contributed by atoms with Crippen molar-refractivity contribution in [2.75, 3.05) is 19.7 Å². The molecule has 5 heteroatoms. The Morgan fingerprint density at radius 2 is 2.11 bits per heavy atom. The van der Waals surface area contributed by atoms with Gasteiger partial charge in [-0.05, 0) is 26.7 Å². The number of likely N-dealkylation sites (N-methyl/N-ethyl adjacent to an activating group) is 1. The number of ether oxygens (including phenoxy) is 1. The summed E-state index contributed by atoms with van der Waals surface area (Å²) in [6.07, 6.45) is 4.44. The number of amides is 1. The van der Waals surface area contributed by atoms with Crippen LogP contribution in [0.1, 0.15) is 39.5 Å². The Morgan fingerprint density at radius 3 is 2.72 bits per heavy atom. The zero-order valence-corrected chi connectivity index (χ0v) is 11.4. The van der Waals surface area contributed by atoms with Crippen molar-refractivity contribution in [3.8, 4) is 0 Å². The van der Waals surface area contributed by atoms with Crippen molar-refractivity contribution in [3.63, 3.8) is 0 Å². The molecule has 1 saturated carbocycles. The molecule has 1 aliphatic carbocycles. The van der Waals surface area contributed by atoms with Crippen LogP contribution in [0, 0.1) is 0 Å². The number of nitrogens with one attached hydrogen (secondary N) is 2. The largest absolute Gasteiger partial charge is 0.389 e. The van der Waals surface area contributed by atoms with E-state index in [1.165, 1.54) is 12.8 Å². The van der Waals surface area contributed by atoms with Crippen molar-refractivity contribution in [2.24, 2.45) is 0 Å². The van der Waals surface area contributed by atoms with E-state index >= 15 is 0 Å². The summed E-state index contributed by atoms with van der Waals surface area (Å²) in [6.45, 7) is 5.02. The van der Waals surface area contributed by atoms with Crippen molar-refractivity contribution >= 4 is 5.91 Å². The second-order valence-corrected chi connectivity index (χ2v) is 4.92. The lowest BCUT2D eigenvalue weighted by Gasteiger charge is -2.18. The third kappa shape index (κ3) is 5.80. The van der Waals surface area contributed by atoms with Gasteiger partial charge >= 0.3 is 0 Å². The number of carbonyl (C=O) groups excluding carboxylic acids is 1. The first kappa shape index (κ1) is 15.4. The smallest absolute Gasteiger partial charge is 0.236 e. The van der Waals surface area contributed by atoms with E-state index in [1.54, 1.807) is 6.92 Å². The van der Waals surface area contributed by atoms with Crippen LogP contribution in [0.3, 0.4) is 0 Å². The predicted molar refractivity (Wildman–Crippen MR) is 70.4 cm³/mol. The standard InChI is InChI=1S/C13H26N2O3/c1-3-14-13(17)10(2)15-8-11(16)9-18-12-6-4-5-7-12/h10-12,15-16H,3-9H2,1-2H3,(H,14,17). The van der Waals surface area contributed by atoms with Crippen LogP contribution in [0.15, 0.2) is 0 Å². The fourth-order valence-corrected chi connectivity index (χ4v) is 2.09. The molecule has 18 heavy (non-hydrogen) atoms. The second-order valence-electron chi connectivity index (χ2n) is 4.92. The SMILES string of the molecule is CCNC(=O)C(C)NCC(O)COC1CCCC1. The highest BCUT2D eigenvalue weighted by atomic mass is 16.5. The molecule has 0 spiro atoms. The molecule has 5 nitrogen and oxygen atoms in total. The third-order valence-corrected chi connectivity index (χ3v) is 3.23. The van der Waals surface area contributed by atoms with E-state index < -0.39 is 6.10 Å². The fourth-order valence-electron chi connectivity index (χ4n) is 2.09. The molecule has 0 aliphatic heterocycles. The average Bonchev–Trinajstić information content (AvgIpc) is 2.86. The summed E-state index contributed by atoms with van der Waals surface area (Å²) in [6, 6.07) is -0.286. The van der Waals surface area contributed by atoms with Crippen LogP contribution in [0.4, 0.5) is 0 Å². The first-order chi connectivity index (χ1) is 8.63. The third-order valence-electron chi connectivity index (χ3n) is 3.23. The van der Waals surface area contributed by atoms with E-state index in [2.05, 4.69) is 10.6 Å². The monoisotopic (exact) mass is 258 g/mol. The minimum Gasteiger partial charge on any atom is -0.389 e. The molecular weight excluding hydrogens is 232 g/mol. The fraction of sp³-hybridized carbons (Fsp3) is 0.923. The van der Waals surface area contributed by atoms with Crippen LogP contribution < -0.4 is 10.6 Å². The summed E-state index contributed by atoms with van der Waals surface area (Å²) in [5.74, 6) is -0.0404. The summed E-state index contributed by atoms with van der Waals surface area (Å²) >= 11 is 0. The predicted octanol–water partition coefficient (Wildman–Crippen LogP) is 0.421. The van der Waals surface area contributed by atoms with Gasteiger partial charge in [0.15, 0.2) is 0 Å². The van der Waals surface area contributed by atoms with Gasteiger partial charge in [0.05, 0.1) is 24.9 Å². The van der Waals surface area contributed by atoms with Gasteiger partial charge in [-0.15, -0.1) is 0 Å². The van der Waals surface area contributed by atoms with Crippen LogP contribution in [-0.2, 0) is 9.53 Å². The first-order valence-corrected chi connectivity index (χ1v) is 6.94. The van der Waals surface area contributed by atoms with E-state index in [0.717, 1.165) is 12.8 Å². The van der Waals surface area contributed by atoms with Crippen molar-refractivity contribution in [2.45, 2.75) is 57.8 Å². The molecule has 1 fully saturated rings. The summed E-state index contributed by atoms with van der Waals surface area (Å²) in [5, 5.41) is 15.5. The van der Waals surface area contributed by atoms with Gasteiger partial charge in [0.1, 0.15) is 0 Å². The maximum Gasteiger partial charge on any atom is 0.236 e. The highest BCUT2D eigenvalue weighted by Gasteiger charge is 2.18. The maximum atomic E-state index is 11.4. The van der Waals surface area contributed by atoms with Gasteiger partial charge in [-0.2, -0.15) is 0 Å². The van der Waals surface area contributed by atoms with E-state index in [1.807, 2.05) is 6.92 Å². The van der Waals surface area contributed by atoms with Crippen molar-refractivity contribution in [1.82, 2.24) is 10.6 Å². The van der Waals surface area contributed by atoms with Crippen molar-refractivity contribution < 1.29 is 14.6 Å². The lowest BCUT2D eigenvalue weighted by Crippen LogP contribution is -2.45. The molecular formula is C13H26N2O3. The second kappa shape index (κ2) is 8.45. The van der Waals surface area contributed by atoms with Gasteiger partial charge in [0.25, 0.3) is 0 Å². The summed E-state index contributed by atoms with van der Waals surface area (Å²) in [5.41, 5.74) is 0. The molecule has 0 aromatic heterocycles. The molecule has 3 N–H and O–H groups in total. The maximum absolute atomic E-state index is 11.4. The van der Waals surface area contributed by atoms with Gasteiger partial charge in [0.2, 0.25) is 5.91 Å². The Balaban J connectivity index is 2.08. The van der Waals surface area contributed by atoms with Gasteiger partial charge in [-0.1, -0.05) is 12.8 Å². The Morgan fingerprint density at radius 1 is 1.44 bits per heavy atom. The number of aliphatic hydroxyl groups is 1. The molecule has 0 aromatic carbocycles. The Labute approximate surface area is 109 Å². The van der Waals surface area contributed by atoms with Gasteiger partial charge in [0, 0.05) is 13.1 Å². The van der Waals surface area contributed by atoms with Crippen molar-refractivity contribution in [3.05, 3.63) is 0 Å². The molecule has 1 amide bonds. The van der Waals surface area contributed by atoms with Crippen LogP contribution in [0.2, 0.25) is 0 Å². The molecule has 0 bridgehead atoms. The first-order valence-electron chi connectivity index (χ1n) is 6.94. The average molecular weight is 258 g/mol. The molecule has 0 aromatic rings. The molecule has 1 rings (SSSR count). The number of hydrogen-bond donors (Lipinski definition) is 3. The molecule has 2 atom stereocenters. The van der Waals surface area contributed by atoms with Gasteiger partial charge in [-0.25, -0.2) is 0 Å². The topological polar surface area (TPSA) is 70.6 Å². The van der Waals surface area contributed by atoms with Gasteiger partial charge in [-0.3, -0.25) is 4.79 Å². The zero-order valence-electron chi connectivity index (χ0n) is 11.4. The van der Waals surface area contributed by atoms with E-state index in [0.29, 0.717) is 25.8 Å². The number of carbonyl (C=O) groups is 1. The van der Waals surface area contributed by atoms with Crippen LogP contribution in [0.5, 0.6) is 0 Å². The number of rotatable bonds is 8. The van der Waals surface area contributed by atoms with Crippen LogP contribution in [0.25, 0.3) is 0 Å². The highest BCUT2D eigenvalue weighted by molar-refractivity contribution is 5.81. The van der Waals surface area contributed by atoms with Crippen LogP contribution in [-0.4, -0.2) is 49.0 Å². The Bertz CT molecular complexity index is 242. The minimum absolute atomic E-state index is 0.0404. The molecule has 2 unspecified atom stereocenters. The lowest BCUT2D eigenvalue weighted by atomic mass is 10.2. The highest BCUT2D eigenvalue weighted by Crippen LogP contribution is 2.20. The normalized spacial score (nSPS) is 19.7. The van der Waals surface area contributed by atoms with E-state index in [9.17, 15) is 9.90 Å². The van der Waals surface area contributed by atoms with E-state index in [-0.39, 0.29) is 11.9 Å². The van der Waals surface area contributed by atoms with Crippen LogP contribution >= 0.6 is 0 Å². The molecule has 1 aliphatic rings. The molecule has 0 saturated heterocycles. The molecule has 0 heterocycles. The number of aliphatic hydroxyl groups excluding tert-OH is 1. The lowest BCUT2D eigenvalue weighted by molar-refractivity contribution is -0.122.